The van der Waals surface area contributed by atoms with Crippen molar-refractivity contribution in [1.82, 2.24) is 10.3 Å². The molecule has 3 rings (SSSR count). The van der Waals surface area contributed by atoms with Crippen molar-refractivity contribution >= 4 is 22.5 Å². The van der Waals surface area contributed by atoms with Gasteiger partial charge in [0.1, 0.15) is 17.4 Å². The molecule has 0 bridgehead atoms. The monoisotopic (exact) mass is 401 g/mol. The van der Waals surface area contributed by atoms with Gasteiger partial charge in [-0.15, -0.1) is 0 Å². The first-order valence-corrected chi connectivity index (χ1v) is 9.02. The Labute approximate surface area is 165 Å². The van der Waals surface area contributed by atoms with E-state index in [0.29, 0.717) is 5.69 Å². The van der Waals surface area contributed by atoms with Gasteiger partial charge in [0.05, 0.1) is 23.5 Å². The third kappa shape index (κ3) is 3.91. The molecule has 29 heavy (non-hydrogen) atoms. The van der Waals surface area contributed by atoms with Gasteiger partial charge in [0.15, 0.2) is 0 Å². The molecule has 0 spiro atoms. The van der Waals surface area contributed by atoms with Crippen molar-refractivity contribution in [2.45, 2.75) is 26.3 Å². The van der Waals surface area contributed by atoms with Crippen LogP contribution in [-0.4, -0.2) is 23.0 Å². The van der Waals surface area contributed by atoms with Crippen LogP contribution in [-0.2, 0) is 11.2 Å². The minimum absolute atomic E-state index is 0.147. The van der Waals surface area contributed by atoms with Crippen LogP contribution in [0.4, 0.5) is 14.5 Å². The van der Waals surface area contributed by atoms with Crippen molar-refractivity contribution in [3.8, 4) is 5.75 Å². The number of hydrogen-bond acceptors (Lipinski definition) is 4. The van der Waals surface area contributed by atoms with E-state index < -0.39 is 41.3 Å². The van der Waals surface area contributed by atoms with Crippen LogP contribution in [0.5, 0.6) is 5.75 Å². The zero-order chi connectivity index (χ0) is 21.3. The number of anilines is 1. The van der Waals surface area contributed by atoms with Crippen molar-refractivity contribution < 1.29 is 18.7 Å². The fraction of sp³-hybridized carbons (Fsp3) is 0.238. The molecular formula is C21H21F2N3O3. The second-order valence-corrected chi connectivity index (χ2v) is 6.83. The quantitative estimate of drug-likeness (QED) is 0.528. The van der Waals surface area contributed by atoms with Gasteiger partial charge in [0.25, 0.3) is 5.56 Å². The molecule has 1 atom stereocenters. The van der Waals surface area contributed by atoms with Crippen LogP contribution in [0.3, 0.4) is 0 Å². The molecule has 0 aliphatic rings. The van der Waals surface area contributed by atoms with E-state index in [1.807, 2.05) is 0 Å². The molecule has 152 valence electrons. The van der Waals surface area contributed by atoms with Crippen molar-refractivity contribution in [2.75, 3.05) is 12.4 Å². The predicted octanol–water partition coefficient (Wildman–Crippen LogP) is 3.28. The highest BCUT2D eigenvalue weighted by Crippen LogP contribution is 2.30. The van der Waals surface area contributed by atoms with E-state index in [2.05, 4.69) is 15.6 Å². The second kappa shape index (κ2) is 7.90. The Morgan fingerprint density at radius 3 is 2.59 bits per heavy atom. The van der Waals surface area contributed by atoms with E-state index in [4.69, 9.17) is 0 Å². The van der Waals surface area contributed by atoms with Gasteiger partial charge in [0, 0.05) is 23.7 Å². The minimum atomic E-state index is -0.658. The molecule has 8 heteroatoms. The molecule has 1 heterocycles. The summed E-state index contributed by atoms with van der Waals surface area (Å²) < 4.78 is 28.1. The molecule has 3 aromatic rings. The molecule has 6 nitrogen and oxygen atoms in total. The predicted molar refractivity (Wildman–Crippen MR) is 107 cm³/mol. The highest BCUT2D eigenvalue weighted by molar-refractivity contribution is 5.90. The number of aromatic amines is 1. The lowest BCUT2D eigenvalue weighted by Gasteiger charge is -2.16. The van der Waals surface area contributed by atoms with E-state index in [0.717, 1.165) is 0 Å². The maximum absolute atomic E-state index is 14.2. The maximum atomic E-state index is 14.2. The van der Waals surface area contributed by atoms with Crippen molar-refractivity contribution in [2.24, 2.45) is 0 Å². The third-order valence-corrected chi connectivity index (χ3v) is 4.91. The Morgan fingerprint density at radius 2 is 1.93 bits per heavy atom. The topological polar surface area (TPSA) is 94.2 Å². The molecule has 0 unspecified atom stereocenters. The first-order chi connectivity index (χ1) is 13.7. The summed E-state index contributed by atoms with van der Waals surface area (Å²) in [5, 5.41) is 16.1. The highest BCUT2D eigenvalue weighted by atomic mass is 19.1. The summed E-state index contributed by atoms with van der Waals surface area (Å²) in [5.74, 6) is -2.04. The van der Waals surface area contributed by atoms with Crippen LogP contribution < -0.4 is 16.2 Å². The second-order valence-electron chi connectivity index (χ2n) is 6.83. The first kappa shape index (κ1) is 20.3. The SMILES string of the molecule is CNc1ccc([C@@H](C)NC(=O)Cc2c(O)c3c(C)c(F)ccc3[nH]c2=O)c(F)c1. The number of aromatic hydroxyl groups is 1. The first-order valence-electron chi connectivity index (χ1n) is 9.02. The number of benzene rings is 2. The number of pyridine rings is 1. The van der Waals surface area contributed by atoms with Crippen LogP contribution in [0, 0.1) is 18.6 Å². The van der Waals surface area contributed by atoms with Crippen LogP contribution in [0.2, 0.25) is 0 Å². The largest absolute Gasteiger partial charge is 0.507 e. The van der Waals surface area contributed by atoms with Gasteiger partial charge >= 0.3 is 0 Å². The van der Waals surface area contributed by atoms with Gasteiger partial charge in [-0.25, -0.2) is 8.78 Å². The standard InChI is InChI=1S/C21H21F2N3O3/c1-10-15(22)6-7-17-19(10)20(28)14(21(29)26-17)9-18(27)25-11(2)13-5-4-12(24-3)8-16(13)23/h4-8,11,24H,9H2,1-3H3,(H,25,27)(H2,26,28,29)/t11-/m1/s1. The van der Waals surface area contributed by atoms with Gasteiger partial charge in [-0.2, -0.15) is 0 Å². The van der Waals surface area contributed by atoms with E-state index in [1.54, 1.807) is 26.1 Å². The Hall–Kier alpha value is -3.42. The number of carbonyl (C=O) groups is 1. The summed E-state index contributed by atoms with van der Waals surface area (Å²) >= 11 is 0. The van der Waals surface area contributed by atoms with Crippen LogP contribution in [0.25, 0.3) is 10.9 Å². The number of hydrogen-bond donors (Lipinski definition) is 4. The number of amides is 1. The Kier molecular flexibility index (Phi) is 5.54. The van der Waals surface area contributed by atoms with Gasteiger partial charge in [-0.3, -0.25) is 9.59 Å². The van der Waals surface area contributed by atoms with Crippen LogP contribution in [0.15, 0.2) is 35.1 Å². The normalized spacial score (nSPS) is 12.0. The van der Waals surface area contributed by atoms with Crippen LogP contribution >= 0.6 is 0 Å². The lowest BCUT2D eigenvalue weighted by Crippen LogP contribution is -2.30. The van der Waals surface area contributed by atoms with E-state index in [1.165, 1.54) is 25.1 Å². The molecular weight excluding hydrogens is 380 g/mol. The number of carbonyl (C=O) groups excluding carboxylic acids is 1. The van der Waals surface area contributed by atoms with Crippen molar-refractivity contribution in [3.05, 3.63) is 69.0 Å². The zero-order valence-corrected chi connectivity index (χ0v) is 16.2. The van der Waals surface area contributed by atoms with Gasteiger partial charge in [-0.1, -0.05) is 6.07 Å². The van der Waals surface area contributed by atoms with E-state index in [9.17, 15) is 23.5 Å². The number of halogens is 2. The number of aryl methyl sites for hydroxylation is 1. The Morgan fingerprint density at radius 1 is 1.21 bits per heavy atom. The molecule has 0 radical (unpaired) electrons. The molecule has 0 aliphatic carbocycles. The number of nitrogens with one attached hydrogen (secondary N) is 3. The smallest absolute Gasteiger partial charge is 0.255 e. The summed E-state index contributed by atoms with van der Waals surface area (Å²) in [6.07, 6.45) is -0.437. The third-order valence-electron chi connectivity index (χ3n) is 4.91. The molecule has 0 saturated carbocycles. The lowest BCUT2D eigenvalue weighted by atomic mass is 10.0. The summed E-state index contributed by atoms with van der Waals surface area (Å²) in [6, 6.07) is 6.43. The maximum Gasteiger partial charge on any atom is 0.255 e. The van der Waals surface area contributed by atoms with Gasteiger partial charge in [-0.05, 0) is 43.7 Å². The molecule has 1 aromatic heterocycles. The summed E-state index contributed by atoms with van der Waals surface area (Å²) in [5.41, 5.74) is 0.496. The van der Waals surface area contributed by atoms with Crippen LogP contribution in [0.1, 0.15) is 29.7 Å². The molecule has 2 aromatic carbocycles. The van der Waals surface area contributed by atoms with Crippen molar-refractivity contribution in [3.63, 3.8) is 0 Å². The summed E-state index contributed by atoms with van der Waals surface area (Å²) in [6.45, 7) is 3.08. The number of fused-ring (bicyclic) bond motifs is 1. The highest BCUT2D eigenvalue weighted by Gasteiger charge is 2.20. The number of H-pyrrole nitrogens is 1. The Bertz CT molecular complexity index is 1160. The summed E-state index contributed by atoms with van der Waals surface area (Å²) in [4.78, 5) is 27.3. The fourth-order valence-electron chi connectivity index (χ4n) is 3.28. The lowest BCUT2D eigenvalue weighted by molar-refractivity contribution is -0.121. The average molecular weight is 401 g/mol. The molecule has 1 amide bonds. The van der Waals surface area contributed by atoms with E-state index in [-0.39, 0.29) is 27.6 Å². The van der Waals surface area contributed by atoms with Gasteiger partial charge < -0.3 is 20.7 Å². The fourth-order valence-corrected chi connectivity index (χ4v) is 3.28. The molecule has 0 aliphatic heterocycles. The number of rotatable bonds is 5. The van der Waals surface area contributed by atoms with Crippen molar-refractivity contribution in [1.29, 1.82) is 0 Å². The van der Waals surface area contributed by atoms with E-state index >= 15 is 0 Å². The number of aromatic nitrogens is 1. The summed E-state index contributed by atoms with van der Waals surface area (Å²) in [7, 11) is 1.67. The Balaban J connectivity index is 1.86. The molecule has 4 N–H and O–H groups in total. The molecule has 0 saturated heterocycles. The average Bonchev–Trinajstić information content (AvgIpc) is 2.67. The minimum Gasteiger partial charge on any atom is -0.507 e. The molecule has 0 fully saturated rings. The van der Waals surface area contributed by atoms with Gasteiger partial charge in [0.2, 0.25) is 5.91 Å². The zero-order valence-electron chi connectivity index (χ0n) is 16.2.